The van der Waals surface area contributed by atoms with Crippen LogP contribution in [0.4, 0.5) is 0 Å². The zero-order valence-electron chi connectivity index (χ0n) is 9.94. The van der Waals surface area contributed by atoms with Gasteiger partial charge in [0.1, 0.15) is 5.76 Å². The summed E-state index contributed by atoms with van der Waals surface area (Å²) in [6, 6.07) is 0. The predicted molar refractivity (Wildman–Crippen MR) is 56.4 cm³/mol. The van der Waals surface area contributed by atoms with Crippen LogP contribution in [0.25, 0.3) is 0 Å². The van der Waals surface area contributed by atoms with E-state index in [4.69, 9.17) is 18.9 Å². The molecule has 0 aromatic carbocycles. The fourth-order valence-corrected chi connectivity index (χ4v) is 1.36. The van der Waals surface area contributed by atoms with Crippen LogP contribution in [-0.2, 0) is 28.5 Å². The third-order valence-electron chi connectivity index (χ3n) is 1.85. The minimum Gasteiger partial charge on any atom is -0.417 e. The summed E-state index contributed by atoms with van der Waals surface area (Å²) in [4.78, 5) is 21.9. The van der Waals surface area contributed by atoms with Crippen molar-refractivity contribution >= 4 is 11.9 Å². The van der Waals surface area contributed by atoms with Crippen molar-refractivity contribution in [3.8, 4) is 0 Å². The predicted octanol–water partition coefficient (Wildman–Crippen LogP) is 0.883. The van der Waals surface area contributed by atoms with E-state index in [-0.39, 0.29) is 12.4 Å². The number of carbonyl (C=O) groups is 2. The van der Waals surface area contributed by atoms with Crippen LogP contribution in [-0.4, -0.2) is 31.6 Å². The molecule has 0 bridgehead atoms. The van der Waals surface area contributed by atoms with Gasteiger partial charge >= 0.3 is 17.9 Å². The molecule has 0 saturated carbocycles. The molecule has 1 aliphatic heterocycles. The van der Waals surface area contributed by atoms with E-state index < -0.39 is 17.9 Å². The number of carbonyl (C=O) groups excluding carboxylic acids is 2. The van der Waals surface area contributed by atoms with Crippen LogP contribution < -0.4 is 0 Å². The molecule has 0 amide bonds. The second-order valence-electron chi connectivity index (χ2n) is 3.42. The van der Waals surface area contributed by atoms with Crippen LogP contribution in [0.15, 0.2) is 24.0 Å². The van der Waals surface area contributed by atoms with Crippen molar-refractivity contribution in [1.82, 2.24) is 0 Å². The quantitative estimate of drug-likeness (QED) is 0.538. The second-order valence-corrected chi connectivity index (χ2v) is 3.42. The molecule has 1 aliphatic rings. The molecule has 0 radical (unpaired) electrons. The van der Waals surface area contributed by atoms with Crippen molar-refractivity contribution in [3.63, 3.8) is 0 Å². The summed E-state index contributed by atoms with van der Waals surface area (Å²) in [6.45, 7) is 6.18. The summed E-state index contributed by atoms with van der Waals surface area (Å²) in [5.41, 5.74) is 0.551. The van der Waals surface area contributed by atoms with Gasteiger partial charge in [0.15, 0.2) is 0 Å². The van der Waals surface area contributed by atoms with Crippen LogP contribution in [0.1, 0.15) is 13.8 Å². The molecule has 17 heavy (non-hydrogen) atoms. The van der Waals surface area contributed by atoms with Gasteiger partial charge in [0.05, 0.1) is 12.7 Å². The van der Waals surface area contributed by atoms with Gasteiger partial charge in [0.25, 0.3) is 0 Å². The summed E-state index contributed by atoms with van der Waals surface area (Å²) in [5.74, 6) is -2.92. The van der Waals surface area contributed by atoms with E-state index in [2.05, 4.69) is 6.58 Å². The smallest absolute Gasteiger partial charge is 0.417 e. The molecule has 1 rings (SSSR count). The van der Waals surface area contributed by atoms with Crippen LogP contribution in [0.5, 0.6) is 0 Å². The Morgan fingerprint density at radius 2 is 1.88 bits per heavy atom. The van der Waals surface area contributed by atoms with Crippen LogP contribution in [0, 0.1) is 0 Å². The van der Waals surface area contributed by atoms with Crippen LogP contribution >= 0.6 is 0 Å². The third kappa shape index (κ3) is 3.32. The van der Waals surface area contributed by atoms with E-state index in [1.165, 1.54) is 27.0 Å². The summed E-state index contributed by atoms with van der Waals surface area (Å²) in [5, 5.41) is 0. The van der Waals surface area contributed by atoms with E-state index in [9.17, 15) is 9.59 Å². The summed E-state index contributed by atoms with van der Waals surface area (Å²) < 4.78 is 19.8. The Kier molecular flexibility index (Phi) is 3.90. The summed E-state index contributed by atoms with van der Waals surface area (Å²) in [6.07, 6.45) is 1.35. The van der Waals surface area contributed by atoms with Gasteiger partial charge in [-0.3, -0.25) is 9.59 Å². The summed E-state index contributed by atoms with van der Waals surface area (Å²) in [7, 11) is 1.49. The number of hydrogen-bond acceptors (Lipinski definition) is 6. The SMILES string of the molecule is C=C1OC(OC(C)=O)(OC(C)=O)C=C1COC. The Morgan fingerprint density at radius 1 is 1.35 bits per heavy atom. The Bertz CT molecular complexity index is 365. The van der Waals surface area contributed by atoms with Crippen molar-refractivity contribution in [1.29, 1.82) is 0 Å². The second kappa shape index (κ2) is 5.01. The molecule has 6 nitrogen and oxygen atoms in total. The van der Waals surface area contributed by atoms with Gasteiger partial charge in [-0.05, 0) is 0 Å². The third-order valence-corrected chi connectivity index (χ3v) is 1.85. The van der Waals surface area contributed by atoms with E-state index >= 15 is 0 Å². The van der Waals surface area contributed by atoms with E-state index in [1.54, 1.807) is 0 Å². The Hall–Kier alpha value is -1.82. The fourth-order valence-electron chi connectivity index (χ4n) is 1.36. The molecule has 0 N–H and O–H groups in total. The molecule has 0 spiro atoms. The first-order valence-electron chi connectivity index (χ1n) is 4.86. The molecule has 0 atom stereocenters. The lowest BCUT2D eigenvalue weighted by Gasteiger charge is -2.24. The van der Waals surface area contributed by atoms with Crippen LogP contribution in [0.2, 0.25) is 0 Å². The first-order valence-corrected chi connectivity index (χ1v) is 4.86. The topological polar surface area (TPSA) is 71.1 Å². The highest BCUT2D eigenvalue weighted by Crippen LogP contribution is 2.33. The van der Waals surface area contributed by atoms with Gasteiger partial charge in [0, 0.05) is 26.5 Å². The van der Waals surface area contributed by atoms with Crippen molar-refractivity contribution < 1.29 is 28.5 Å². The lowest BCUT2D eigenvalue weighted by molar-refractivity contribution is -0.294. The highest BCUT2D eigenvalue weighted by Gasteiger charge is 2.44. The molecular formula is C11H14O6. The van der Waals surface area contributed by atoms with Gasteiger partial charge in [-0.1, -0.05) is 6.58 Å². The van der Waals surface area contributed by atoms with Gasteiger partial charge in [-0.2, -0.15) is 0 Å². The molecule has 0 saturated heterocycles. The van der Waals surface area contributed by atoms with Gasteiger partial charge in [-0.25, -0.2) is 0 Å². The molecule has 6 heteroatoms. The van der Waals surface area contributed by atoms with Crippen molar-refractivity contribution in [3.05, 3.63) is 24.0 Å². The van der Waals surface area contributed by atoms with Gasteiger partial charge in [0.2, 0.25) is 0 Å². The first-order chi connectivity index (χ1) is 7.88. The van der Waals surface area contributed by atoms with E-state index in [1.807, 2.05) is 0 Å². The number of methoxy groups -OCH3 is 1. The molecule has 94 valence electrons. The molecule has 0 unspecified atom stereocenters. The molecule has 0 fully saturated rings. The highest BCUT2D eigenvalue weighted by molar-refractivity contribution is 5.69. The van der Waals surface area contributed by atoms with E-state index in [0.717, 1.165) is 0 Å². The lowest BCUT2D eigenvalue weighted by atomic mass is 10.2. The monoisotopic (exact) mass is 242 g/mol. The Morgan fingerprint density at radius 3 is 2.29 bits per heavy atom. The average molecular weight is 242 g/mol. The molecule has 0 aliphatic carbocycles. The molecule has 1 heterocycles. The highest BCUT2D eigenvalue weighted by atomic mass is 16.9. The van der Waals surface area contributed by atoms with E-state index in [0.29, 0.717) is 5.57 Å². The average Bonchev–Trinajstić information content (AvgIpc) is 2.40. The standard InChI is InChI=1S/C11H14O6/c1-7-10(6-14-4)5-11(15-7,16-8(2)12)17-9(3)13/h5H,1,6H2,2-4H3. The zero-order chi connectivity index (χ0) is 13.1. The minimum atomic E-state index is -1.86. The van der Waals surface area contributed by atoms with Crippen LogP contribution in [0.3, 0.4) is 0 Å². The molecule has 0 aromatic rings. The Balaban J connectivity index is 2.96. The van der Waals surface area contributed by atoms with Crippen molar-refractivity contribution in [2.75, 3.05) is 13.7 Å². The number of esters is 2. The molecule has 0 aromatic heterocycles. The first kappa shape index (κ1) is 13.2. The lowest BCUT2D eigenvalue weighted by Crippen LogP contribution is -2.37. The zero-order valence-corrected chi connectivity index (χ0v) is 9.94. The Labute approximate surface area is 98.8 Å². The minimum absolute atomic E-state index is 0.211. The fraction of sp³-hybridized carbons (Fsp3) is 0.455. The normalized spacial score (nSPS) is 17.1. The van der Waals surface area contributed by atoms with Crippen molar-refractivity contribution in [2.24, 2.45) is 0 Å². The maximum atomic E-state index is 11.0. The number of ether oxygens (including phenoxy) is 4. The maximum Gasteiger partial charge on any atom is 0.445 e. The van der Waals surface area contributed by atoms with Gasteiger partial charge in [-0.15, -0.1) is 0 Å². The maximum absolute atomic E-state index is 11.0. The summed E-state index contributed by atoms with van der Waals surface area (Å²) >= 11 is 0. The molecular weight excluding hydrogens is 228 g/mol. The van der Waals surface area contributed by atoms with Crippen molar-refractivity contribution in [2.45, 2.75) is 19.8 Å². The number of rotatable bonds is 4. The van der Waals surface area contributed by atoms with Gasteiger partial charge < -0.3 is 18.9 Å². The largest absolute Gasteiger partial charge is 0.445 e. The number of hydrogen-bond donors (Lipinski definition) is 0.